The summed E-state index contributed by atoms with van der Waals surface area (Å²) in [7, 11) is 0. The molecule has 25 heavy (non-hydrogen) atoms. The Balaban J connectivity index is 1.49. The lowest BCUT2D eigenvalue weighted by molar-refractivity contribution is 0.400. The van der Waals surface area contributed by atoms with Gasteiger partial charge in [-0.1, -0.05) is 22.0 Å². The van der Waals surface area contributed by atoms with Crippen molar-refractivity contribution in [1.29, 1.82) is 0 Å². The smallest absolute Gasteiger partial charge is 0.224 e. The minimum Gasteiger partial charge on any atom is -0.424 e. The van der Waals surface area contributed by atoms with E-state index in [2.05, 4.69) is 32.2 Å². The van der Waals surface area contributed by atoms with Crippen LogP contribution < -0.4 is 0 Å². The number of hydrogen-bond acceptors (Lipinski definition) is 3. The molecule has 0 N–H and O–H groups in total. The van der Waals surface area contributed by atoms with Gasteiger partial charge in [0.1, 0.15) is 11.6 Å². The van der Waals surface area contributed by atoms with Crippen LogP contribution in [0.1, 0.15) is 60.4 Å². The second-order valence-electron chi connectivity index (χ2n) is 7.09. The van der Waals surface area contributed by atoms with E-state index < -0.39 is 0 Å². The molecule has 1 aromatic carbocycles. The van der Waals surface area contributed by atoms with Crippen molar-refractivity contribution < 1.29 is 13.2 Å². The van der Waals surface area contributed by atoms with Crippen molar-refractivity contribution in [3.05, 3.63) is 57.2 Å². The second kappa shape index (κ2) is 6.63. The highest BCUT2D eigenvalue weighted by molar-refractivity contribution is 9.11. The quantitative estimate of drug-likeness (QED) is 0.665. The molecule has 2 unspecified atom stereocenters. The summed E-state index contributed by atoms with van der Waals surface area (Å²) in [5, 5.41) is 8.35. The minimum absolute atomic E-state index is 0.0656. The second-order valence-corrected chi connectivity index (χ2v) is 8.01. The normalized spacial score (nSPS) is 23.6. The number of aryl methyl sites for hydroxylation is 1. The molecule has 0 amide bonds. The van der Waals surface area contributed by atoms with E-state index in [1.807, 2.05) is 0 Å². The Labute approximate surface area is 153 Å². The summed E-state index contributed by atoms with van der Waals surface area (Å²) in [5.74, 6) is 1.37. The van der Waals surface area contributed by atoms with Gasteiger partial charge in [0.15, 0.2) is 0 Å². The van der Waals surface area contributed by atoms with Gasteiger partial charge < -0.3 is 4.42 Å². The van der Waals surface area contributed by atoms with Gasteiger partial charge in [-0.25, -0.2) is 8.78 Å². The molecule has 0 bridgehead atoms. The summed E-state index contributed by atoms with van der Waals surface area (Å²) in [6.45, 7) is 1.57. The van der Waals surface area contributed by atoms with Gasteiger partial charge in [0.2, 0.25) is 11.8 Å². The lowest BCUT2D eigenvalue weighted by atomic mass is 9.84. The standard InChI is InChI=1S/C19H19BrF2N2O/c1-10-6-17(22)13(9-16(10)21)7-11-2-5-14(15(20)8-11)19-24-23-18(25-19)12-3-4-12/h6,8-9,11-12,14H,2-5,7H2,1H3. The molecular weight excluding hydrogens is 390 g/mol. The summed E-state index contributed by atoms with van der Waals surface area (Å²) in [6, 6.07) is 2.59. The zero-order valence-electron chi connectivity index (χ0n) is 13.9. The number of allylic oxidation sites excluding steroid dienone is 2. The predicted octanol–water partition coefficient (Wildman–Crippen LogP) is 5.55. The van der Waals surface area contributed by atoms with E-state index >= 15 is 0 Å². The first kappa shape index (κ1) is 16.9. The van der Waals surface area contributed by atoms with Crippen LogP contribution in [0.4, 0.5) is 8.78 Å². The molecule has 1 heterocycles. The number of nitrogens with zero attached hydrogens (tertiary/aromatic N) is 2. The van der Waals surface area contributed by atoms with Crippen molar-refractivity contribution in [1.82, 2.24) is 10.2 Å². The average Bonchev–Trinajstić information content (AvgIpc) is 3.31. The Kier molecular flexibility index (Phi) is 4.48. The monoisotopic (exact) mass is 408 g/mol. The number of rotatable bonds is 4. The summed E-state index contributed by atoms with van der Waals surface area (Å²) < 4.78 is 34.6. The van der Waals surface area contributed by atoms with Gasteiger partial charge in [0.05, 0.1) is 5.92 Å². The molecule has 1 aromatic heterocycles. The van der Waals surface area contributed by atoms with Crippen LogP contribution >= 0.6 is 15.9 Å². The number of hydrogen-bond donors (Lipinski definition) is 0. The molecule has 2 atom stereocenters. The first-order valence-electron chi connectivity index (χ1n) is 8.66. The first-order chi connectivity index (χ1) is 12.0. The van der Waals surface area contributed by atoms with Gasteiger partial charge in [-0.15, -0.1) is 10.2 Å². The van der Waals surface area contributed by atoms with Gasteiger partial charge in [0, 0.05) is 10.4 Å². The predicted molar refractivity (Wildman–Crippen MR) is 93.5 cm³/mol. The summed E-state index contributed by atoms with van der Waals surface area (Å²) in [4.78, 5) is 0. The third-order valence-corrected chi connectivity index (χ3v) is 5.86. The molecule has 1 saturated carbocycles. The average molecular weight is 409 g/mol. The molecule has 1 fully saturated rings. The Hall–Kier alpha value is -1.56. The van der Waals surface area contributed by atoms with Crippen molar-refractivity contribution in [3.63, 3.8) is 0 Å². The van der Waals surface area contributed by atoms with Gasteiger partial charge in [-0.05, 0) is 68.2 Å². The van der Waals surface area contributed by atoms with Gasteiger partial charge in [-0.3, -0.25) is 0 Å². The summed E-state index contributed by atoms with van der Waals surface area (Å²) in [6.07, 6.45) is 6.54. The van der Waals surface area contributed by atoms with Crippen LogP contribution in [-0.2, 0) is 6.42 Å². The molecule has 2 aliphatic rings. The van der Waals surface area contributed by atoms with Crippen molar-refractivity contribution in [2.75, 3.05) is 0 Å². The Morgan fingerprint density at radius 1 is 1.08 bits per heavy atom. The molecule has 132 valence electrons. The van der Waals surface area contributed by atoms with E-state index in [0.29, 0.717) is 29.4 Å². The van der Waals surface area contributed by atoms with Crippen molar-refractivity contribution in [2.45, 2.75) is 50.9 Å². The molecule has 6 heteroatoms. The molecule has 0 saturated heterocycles. The molecule has 0 aliphatic heterocycles. The van der Waals surface area contributed by atoms with E-state index in [1.54, 1.807) is 6.92 Å². The largest absolute Gasteiger partial charge is 0.424 e. The van der Waals surface area contributed by atoms with E-state index in [9.17, 15) is 8.78 Å². The zero-order chi connectivity index (χ0) is 17.6. The minimum atomic E-state index is -0.355. The van der Waals surface area contributed by atoms with Crippen LogP contribution in [-0.4, -0.2) is 10.2 Å². The van der Waals surface area contributed by atoms with Crippen LogP contribution in [0.15, 0.2) is 27.1 Å². The summed E-state index contributed by atoms with van der Waals surface area (Å²) >= 11 is 3.62. The van der Waals surface area contributed by atoms with Crippen LogP contribution in [0.3, 0.4) is 0 Å². The maximum absolute atomic E-state index is 14.1. The number of aromatic nitrogens is 2. The van der Waals surface area contributed by atoms with Crippen LogP contribution in [0.2, 0.25) is 0 Å². The molecular formula is C19H19BrF2N2O. The van der Waals surface area contributed by atoms with Crippen molar-refractivity contribution in [2.24, 2.45) is 5.92 Å². The van der Waals surface area contributed by atoms with Crippen molar-refractivity contribution >= 4 is 15.9 Å². The Morgan fingerprint density at radius 2 is 1.84 bits per heavy atom. The van der Waals surface area contributed by atoms with E-state index in [0.717, 1.165) is 36.1 Å². The molecule has 0 radical (unpaired) electrons. The van der Waals surface area contributed by atoms with Crippen LogP contribution in [0, 0.1) is 24.5 Å². The highest BCUT2D eigenvalue weighted by atomic mass is 79.9. The van der Waals surface area contributed by atoms with Crippen molar-refractivity contribution in [3.8, 4) is 0 Å². The lowest BCUT2D eigenvalue weighted by Crippen LogP contribution is -2.14. The zero-order valence-corrected chi connectivity index (χ0v) is 15.5. The third-order valence-electron chi connectivity index (χ3n) is 5.04. The fraction of sp³-hybridized carbons (Fsp3) is 0.474. The number of benzene rings is 1. The molecule has 0 spiro atoms. The maximum atomic E-state index is 14.1. The van der Waals surface area contributed by atoms with Gasteiger partial charge >= 0.3 is 0 Å². The van der Waals surface area contributed by atoms with Crippen LogP contribution in [0.25, 0.3) is 0 Å². The maximum Gasteiger partial charge on any atom is 0.224 e. The van der Waals surface area contributed by atoms with E-state index in [-0.39, 0.29) is 23.5 Å². The molecule has 2 aliphatic carbocycles. The Bertz CT molecular complexity index is 829. The first-order valence-corrected chi connectivity index (χ1v) is 9.45. The van der Waals surface area contributed by atoms with Crippen LogP contribution in [0.5, 0.6) is 0 Å². The fourth-order valence-corrected chi connectivity index (χ4v) is 4.15. The highest BCUT2D eigenvalue weighted by Crippen LogP contribution is 2.43. The van der Waals surface area contributed by atoms with Gasteiger partial charge in [-0.2, -0.15) is 0 Å². The molecule has 4 rings (SSSR count). The van der Waals surface area contributed by atoms with E-state index in [4.69, 9.17) is 4.42 Å². The third kappa shape index (κ3) is 3.54. The molecule has 3 nitrogen and oxygen atoms in total. The summed E-state index contributed by atoms with van der Waals surface area (Å²) in [5.41, 5.74) is 0.765. The molecule has 2 aromatic rings. The fourth-order valence-electron chi connectivity index (χ4n) is 3.35. The lowest BCUT2D eigenvalue weighted by Gasteiger charge is -2.24. The topological polar surface area (TPSA) is 38.9 Å². The Morgan fingerprint density at radius 3 is 2.56 bits per heavy atom. The van der Waals surface area contributed by atoms with E-state index in [1.165, 1.54) is 12.1 Å². The SMILES string of the molecule is Cc1cc(F)c(CC2C=C(Br)C(c3nnc(C4CC4)o3)CC2)cc1F. The van der Waals surface area contributed by atoms with Gasteiger partial charge in [0.25, 0.3) is 0 Å². The highest BCUT2D eigenvalue weighted by Gasteiger charge is 2.32. The number of halogens is 3.